The van der Waals surface area contributed by atoms with E-state index in [1.54, 1.807) is 6.92 Å². The number of hydrogen-bond donors (Lipinski definition) is 2. The van der Waals surface area contributed by atoms with Crippen molar-refractivity contribution >= 4 is 31.8 Å². The van der Waals surface area contributed by atoms with Gasteiger partial charge >= 0.3 is 0 Å². The van der Waals surface area contributed by atoms with Crippen LogP contribution in [0.2, 0.25) is 0 Å². The lowest BCUT2D eigenvalue weighted by Crippen LogP contribution is -2.32. The summed E-state index contributed by atoms with van der Waals surface area (Å²) in [4.78, 5) is 4.03. The van der Waals surface area contributed by atoms with Crippen LogP contribution in [0.4, 0.5) is 5.82 Å². The Labute approximate surface area is 116 Å². The van der Waals surface area contributed by atoms with E-state index in [1.807, 2.05) is 6.92 Å². The molecular formula is C10H17BrN4O2S. The molecule has 0 aliphatic rings. The maximum atomic E-state index is 12.5. The number of nitrogens with one attached hydrogen (secondary N) is 1. The van der Waals surface area contributed by atoms with Crippen LogP contribution in [-0.2, 0) is 10.0 Å². The van der Waals surface area contributed by atoms with Crippen LogP contribution >= 0.6 is 15.9 Å². The van der Waals surface area contributed by atoms with E-state index in [0.717, 1.165) is 6.42 Å². The van der Waals surface area contributed by atoms with Crippen LogP contribution < -0.4 is 11.3 Å². The number of nitrogens with zero attached hydrogens (tertiary/aromatic N) is 2. The van der Waals surface area contributed by atoms with Crippen LogP contribution in [0.15, 0.2) is 21.6 Å². The van der Waals surface area contributed by atoms with Crippen LogP contribution in [0.5, 0.6) is 0 Å². The summed E-state index contributed by atoms with van der Waals surface area (Å²) in [6.07, 6.45) is 2.24. The summed E-state index contributed by atoms with van der Waals surface area (Å²) < 4.78 is 26.9. The molecule has 6 nitrogen and oxygen atoms in total. The van der Waals surface area contributed by atoms with Crippen molar-refractivity contribution in [1.29, 1.82) is 0 Å². The number of hydrazine groups is 1. The third-order valence-electron chi connectivity index (χ3n) is 2.40. The molecule has 102 valence electrons. The van der Waals surface area contributed by atoms with Gasteiger partial charge in [-0.05, 0) is 28.4 Å². The van der Waals surface area contributed by atoms with Crippen molar-refractivity contribution in [1.82, 2.24) is 9.29 Å². The third-order valence-corrected chi connectivity index (χ3v) is 4.82. The second-order valence-electron chi connectivity index (χ2n) is 3.64. The first kappa shape index (κ1) is 15.4. The monoisotopic (exact) mass is 336 g/mol. The van der Waals surface area contributed by atoms with Gasteiger partial charge in [0.25, 0.3) is 0 Å². The normalized spacial score (nSPS) is 11.8. The number of nitrogen functional groups attached to an aromatic ring is 1. The maximum absolute atomic E-state index is 12.5. The second-order valence-corrected chi connectivity index (χ2v) is 6.46. The summed E-state index contributed by atoms with van der Waals surface area (Å²) in [5.74, 6) is 5.45. The van der Waals surface area contributed by atoms with E-state index in [1.165, 1.54) is 16.6 Å². The van der Waals surface area contributed by atoms with Crippen molar-refractivity contribution in [3.05, 3.63) is 16.7 Å². The Balaban J connectivity index is 3.30. The van der Waals surface area contributed by atoms with Crippen LogP contribution in [0.25, 0.3) is 0 Å². The lowest BCUT2D eigenvalue weighted by molar-refractivity contribution is 0.427. The van der Waals surface area contributed by atoms with Crippen molar-refractivity contribution in [2.75, 3.05) is 18.5 Å². The molecule has 0 atom stereocenters. The molecule has 0 unspecified atom stereocenters. The Morgan fingerprint density at radius 2 is 2.17 bits per heavy atom. The number of rotatable bonds is 6. The minimum Gasteiger partial charge on any atom is -0.307 e. The molecule has 0 aromatic carbocycles. The molecule has 18 heavy (non-hydrogen) atoms. The zero-order chi connectivity index (χ0) is 13.8. The second kappa shape index (κ2) is 6.46. The fraction of sp³-hybridized carbons (Fsp3) is 0.500. The van der Waals surface area contributed by atoms with Gasteiger partial charge in [-0.3, -0.25) is 0 Å². The summed E-state index contributed by atoms with van der Waals surface area (Å²) in [5.41, 5.74) is 2.31. The highest BCUT2D eigenvalue weighted by Gasteiger charge is 2.26. The molecule has 0 saturated heterocycles. The van der Waals surface area contributed by atoms with Gasteiger partial charge in [-0.1, -0.05) is 13.8 Å². The van der Waals surface area contributed by atoms with E-state index < -0.39 is 10.0 Å². The van der Waals surface area contributed by atoms with E-state index in [9.17, 15) is 8.42 Å². The zero-order valence-electron chi connectivity index (χ0n) is 10.4. The molecule has 0 saturated carbocycles. The summed E-state index contributed by atoms with van der Waals surface area (Å²) in [6.45, 7) is 4.61. The Bertz CT molecular complexity index is 507. The Morgan fingerprint density at radius 3 is 2.67 bits per heavy atom. The van der Waals surface area contributed by atoms with Gasteiger partial charge in [0.15, 0.2) is 5.82 Å². The number of hydrogen-bond acceptors (Lipinski definition) is 5. The summed E-state index contributed by atoms with van der Waals surface area (Å²) in [5, 5.41) is 0. The predicted molar refractivity (Wildman–Crippen MR) is 74.5 cm³/mol. The number of aromatic nitrogens is 1. The van der Waals surface area contributed by atoms with Gasteiger partial charge in [0, 0.05) is 23.8 Å². The van der Waals surface area contributed by atoms with Crippen molar-refractivity contribution in [3.63, 3.8) is 0 Å². The molecule has 0 radical (unpaired) electrons. The quantitative estimate of drug-likeness (QED) is 0.607. The molecule has 0 fully saturated rings. The lowest BCUT2D eigenvalue weighted by Gasteiger charge is -2.21. The minimum absolute atomic E-state index is 0.0784. The van der Waals surface area contributed by atoms with Gasteiger partial charge < -0.3 is 5.43 Å². The molecule has 0 aliphatic carbocycles. The SMILES string of the molecule is CCCN(CC)S(=O)(=O)c1cc(Br)cnc1NN. The van der Waals surface area contributed by atoms with Crippen LogP contribution in [0.3, 0.4) is 0 Å². The highest BCUT2D eigenvalue weighted by Crippen LogP contribution is 2.25. The highest BCUT2D eigenvalue weighted by molar-refractivity contribution is 9.10. The number of sulfonamides is 1. The number of pyridine rings is 1. The van der Waals surface area contributed by atoms with Gasteiger partial charge in [-0.15, -0.1) is 0 Å². The van der Waals surface area contributed by atoms with Gasteiger partial charge in [-0.25, -0.2) is 19.2 Å². The third kappa shape index (κ3) is 3.19. The summed E-state index contributed by atoms with van der Waals surface area (Å²) in [6, 6.07) is 1.50. The highest BCUT2D eigenvalue weighted by atomic mass is 79.9. The molecule has 0 aliphatic heterocycles. The van der Waals surface area contributed by atoms with Crippen molar-refractivity contribution in [2.24, 2.45) is 5.84 Å². The van der Waals surface area contributed by atoms with E-state index in [0.29, 0.717) is 17.6 Å². The van der Waals surface area contributed by atoms with E-state index >= 15 is 0 Å². The number of nitrogens with two attached hydrogens (primary N) is 1. The first-order valence-corrected chi connectivity index (χ1v) is 7.83. The van der Waals surface area contributed by atoms with Crippen LogP contribution in [0, 0.1) is 0 Å². The maximum Gasteiger partial charge on any atom is 0.246 e. The van der Waals surface area contributed by atoms with Crippen molar-refractivity contribution in [2.45, 2.75) is 25.2 Å². The van der Waals surface area contributed by atoms with Crippen molar-refractivity contribution < 1.29 is 8.42 Å². The van der Waals surface area contributed by atoms with Gasteiger partial charge in [0.05, 0.1) is 0 Å². The largest absolute Gasteiger partial charge is 0.307 e. The van der Waals surface area contributed by atoms with E-state index in [-0.39, 0.29) is 10.7 Å². The average Bonchev–Trinajstić information content (AvgIpc) is 2.35. The van der Waals surface area contributed by atoms with Gasteiger partial charge in [0.2, 0.25) is 10.0 Å². The Morgan fingerprint density at radius 1 is 1.50 bits per heavy atom. The zero-order valence-corrected chi connectivity index (χ0v) is 12.8. The Kier molecular flexibility index (Phi) is 5.51. The number of halogens is 1. The molecule has 0 spiro atoms. The predicted octanol–water partition coefficient (Wildman–Crippen LogP) is 1.55. The fourth-order valence-electron chi connectivity index (χ4n) is 1.56. The van der Waals surface area contributed by atoms with Crippen molar-refractivity contribution in [3.8, 4) is 0 Å². The van der Waals surface area contributed by atoms with Crippen LogP contribution in [-0.4, -0.2) is 30.8 Å². The molecular weight excluding hydrogens is 320 g/mol. The molecule has 1 heterocycles. The molecule has 1 aromatic heterocycles. The fourth-order valence-corrected chi connectivity index (χ4v) is 3.72. The molecule has 1 rings (SSSR count). The smallest absolute Gasteiger partial charge is 0.246 e. The van der Waals surface area contributed by atoms with E-state index in [4.69, 9.17) is 5.84 Å². The van der Waals surface area contributed by atoms with Gasteiger partial charge in [0.1, 0.15) is 4.90 Å². The van der Waals surface area contributed by atoms with E-state index in [2.05, 4.69) is 26.3 Å². The van der Waals surface area contributed by atoms with Gasteiger partial charge in [-0.2, -0.15) is 4.31 Å². The number of anilines is 1. The standard InChI is InChI=1S/C10H17BrN4O2S/c1-3-5-15(4-2)18(16,17)9-6-8(11)7-13-10(9)14-12/h6-7H,3-5,12H2,1-2H3,(H,13,14). The summed E-state index contributed by atoms with van der Waals surface area (Å²) in [7, 11) is -3.58. The molecule has 1 aromatic rings. The topological polar surface area (TPSA) is 88.3 Å². The first-order chi connectivity index (χ1) is 8.47. The molecule has 0 bridgehead atoms. The minimum atomic E-state index is -3.58. The Hall–Kier alpha value is -0.700. The van der Waals surface area contributed by atoms with Crippen LogP contribution in [0.1, 0.15) is 20.3 Å². The summed E-state index contributed by atoms with van der Waals surface area (Å²) >= 11 is 3.21. The lowest BCUT2D eigenvalue weighted by atomic mass is 10.5. The average molecular weight is 337 g/mol. The molecule has 8 heteroatoms. The first-order valence-electron chi connectivity index (χ1n) is 5.59. The molecule has 3 N–H and O–H groups in total. The molecule has 0 amide bonds.